The first kappa shape index (κ1) is 24.8. The predicted molar refractivity (Wildman–Crippen MR) is 135 cm³/mol. The molecule has 1 saturated carbocycles. The van der Waals surface area contributed by atoms with Gasteiger partial charge in [0.05, 0.1) is 11.3 Å². The minimum Gasteiger partial charge on any atom is -0.478 e. The van der Waals surface area contributed by atoms with E-state index in [1.54, 1.807) is 24.4 Å². The molecule has 7 heteroatoms. The molecule has 1 fully saturated rings. The Labute approximate surface area is 206 Å². The summed E-state index contributed by atoms with van der Waals surface area (Å²) in [7, 11) is 0. The van der Waals surface area contributed by atoms with Gasteiger partial charge < -0.3 is 5.11 Å². The Morgan fingerprint density at radius 2 is 1.86 bits per heavy atom. The summed E-state index contributed by atoms with van der Waals surface area (Å²) < 4.78 is 1.89. The number of aromatic carboxylic acids is 1. The standard InChI is InChI=1S/C28H34N4O3/c1-2-3-9-16-32-26(30-27(31-32)25(33)17-20-10-5-4-6-11-20)18-21-14-15-24(29-19-21)22-12-7-8-13-23(22)28(34)35/h7-8,12-15,19-20H,2-6,9-11,16-18H2,1H3,(H,34,35). The SMILES string of the molecule is CCCCCn1nc(C(=O)CC2CCCCC2)nc1Cc1ccc(-c2ccccc2C(=O)O)nc1. The number of ketones is 1. The number of pyridine rings is 1. The zero-order chi connectivity index (χ0) is 24.6. The number of aryl methyl sites for hydroxylation is 1. The Kier molecular flexibility index (Phi) is 8.40. The van der Waals surface area contributed by atoms with E-state index in [1.165, 1.54) is 19.3 Å². The number of unbranched alkanes of at least 4 members (excludes halogenated alkanes) is 2. The smallest absolute Gasteiger partial charge is 0.336 e. The second-order valence-electron chi connectivity index (χ2n) is 9.49. The van der Waals surface area contributed by atoms with Crippen molar-refractivity contribution in [3.05, 3.63) is 65.4 Å². The summed E-state index contributed by atoms with van der Waals surface area (Å²) in [4.78, 5) is 33.7. The first-order valence-electron chi connectivity index (χ1n) is 12.8. The Hall–Kier alpha value is -3.35. The van der Waals surface area contributed by atoms with Gasteiger partial charge in [0.25, 0.3) is 0 Å². The molecule has 1 N–H and O–H groups in total. The molecule has 0 radical (unpaired) electrons. The van der Waals surface area contributed by atoms with Crippen molar-refractivity contribution >= 4 is 11.8 Å². The van der Waals surface area contributed by atoms with Crippen molar-refractivity contribution in [2.75, 3.05) is 0 Å². The molecule has 3 aromatic rings. The van der Waals surface area contributed by atoms with Gasteiger partial charge in [-0.05, 0) is 30.0 Å². The number of hydrogen-bond donors (Lipinski definition) is 1. The highest BCUT2D eigenvalue weighted by Gasteiger charge is 2.22. The van der Waals surface area contributed by atoms with E-state index < -0.39 is 5.97 Å². The van der Waals surface area contributed by atoms with E-state index in [2.05, 4.69) is 22.0 Å². The van der Waals surface area contributed by atoms with Gasteiger partial charge in [0.1, 0.15) is 5.82 Å². The lowest BCUT2D eigenvalue weighted by atomic mass is 9.86. The third-order valence-corrected chi connectivity index (χ3v) is 6.79. The maximum absolute atomic E-state index is 13.0. The lowest BCUT2D eigenvalue weighted by molar-refractivity contribution is 0.0697. The Balaban J connectivity index is 1.52. The molecule has 1 aliphatic carbocycles. The summed E-state index contributed by atoms with van der Waals surface area (Å²) in [5.74, 6) is 0.635. The molecule has 0 spiro atoms. The molecule has 7 nitrogen and oxygen atoms in total. The van der Waals surface area contributed by atoms with Gasteiger partial charge in [-0.15, -0.1) is 5.10 Å². The molecule has 0 bridgehead atoms. The van der Waals surface area contributed by atoms with Crippen molar-refractivity contribution in [3.63, 3.8) is 0 Å². The average molecular weight is 475 g/mol. The van der Waals surface area contributed by atoms with E-state index in [0.717, 1.165) is 50.0 Å². The Bertz CT molecular complexity index is 1150. The lowest BCUT2D eigenvalue weighted by Crippen LogP contribution is -2.13. The van der Waals surface area contributed by atoms with Gasteiger partial charge in [-0.3, -0.25) is 9.78 Å². The average Bonchev–Trinajstić information content (AvgIpc) is 3.28. The second-order valence-corrected chi connectivity index (χ2v) is 9.49. The summed E-state index contributed by atoms with van der Waals surface area (Å²) in [6.07, 6.45) is 12.0. The van der Waals surface area contributed by atoms with E-state index in [-0.39, 0.29) is 11.3 Å². The van der Waals surface area contributed by atoms with Gasteiger partial charge in [0.15, 0.2) is 0 Å². The van der Waals surface area contributed by atoms with Crippen LogP contribution >= 0.6 is 0 Å². The number of benzene rings is 1. The van der Waals surface area contributed by atoms with Crippen LogP contribution in [0.2, 0.25) is 0 Å². The first-order valence-corrected chi connectivity index (χ1v) is 12.8. The zero-order valence-corrected chi connectivity index (χ0v) is 20.4. The number of aromatic nitrogens is 4. The van der Waals surface area contributed by atoms with Crippen molar-refractivity contribution < 1.29 is 14.7 Å². The lowest BCUT2D eigenvalue weighted by Gasteiger charge is -2.19. The molecule has 0 amide bonds. The largest absolute Gasteiger partial charge is 0.478 e. The number of carbonyl (C=O) groups excluding carboxylic acids is 1. The zero-order valence-electron chi connectivity index (χ0n) is 20.4. The predicted octanol–water partition coefficient (Wildman–Crippen LogP) is 5.97. The van der Waals surface area contributed by atoms with Crippen molar-refractivity contribution in [2.24, 2.45) is 5.92 Å². The third kappa shape index (κ3) is 6.41. The van der Waals surface area contributed by atoms with Gasteiger partial charge >= 0.3 is 5.97 Å². The van der Waals surface area contributed by atoms with Gasteiger partial charge in [-0.25, -0.2) is 14.5 Å². The van der Waals surface area contributed by atoms with Crippen molar-refractivity contribution in [1.82, 2.24) is 19.7 Å². The summed E-state index contributed by atoms with van der Waals surface area (Å²) >= 11 is 0. The number of carboxylic acids is 1. The van der Waals surface area contributed by atoms with Crippen LogP contribution in [0.25, 0.3) is 11.3 Å². The summed E-state index contributed by atoms with van der Waals surface area (Å²) in [6, 6.07) is 10.6. The molecule has 1 aromatic carbocycles. The second kappa shape index (κ2) is 11.9. The molecule has 0 atom stereocenters. The van der Waals surface area contributed by atoms with E-state index in [0.29, 0.717) is 35.8 Å². The number of hydrogen-bond acceptors (Lipinski definition) is 5. The minimum atomic E-state index is -0.975. The van der Waals surface area contributed by atoms with Crippen molar-refractivity contribution in [1.29, 1.82) is 0 Å². The molecule has 4 rings (SSSR count). The van der Waals surface area contributed by atoms with Crippen LogP contribution in [0.4, 0.5) is 0 Å². The third-order valence-electron chi connectivity index (χ3n) is 6.79. The molecule has 0 unspecified atom stereocenters. The highest BCUT2D eigenvalue weighted by molar-refractivity contribution is 5.95. The number of carbonyl (C=O) groups is 2. The summed E-state index contributed by atoms with van der Waals surface area (Å²) in [6.45, 7) is 2.90. The van der Waals surface area contributed by atoms with Crippen LogP contribution < -0.4 is 0 Å². The quantitative estimate of drug-likeness (QED) is 0.271. The highest BCUT2D eigenvalue weighted by Crippen LogP contribution is 2.27. The molecule has 184 valence electrons. The molecule has 0 saturated heterocycles. The van der Waals surface area contributed by atoms with E-state index in [9.17, 15) is 14.7 Å². The van der Waals surface area contributed by atoms with Crippen LogP contribution in [0.15, 0.2) is 42.6 Å². The Morgan fingerprint density at radius 3 is 2.57 bits per heavy atom. The number of Topliss-reactive ketones (excluding diaryl/α,β-unsaturated/α-hetero) is 1. The molecule has 0 aliphatic heterocycles. The Morgan fingerprint density at radius 1 is 1.06 bits per heavy atom. The van der Waals surface area contributed by atoms with Gasteiger partial charge in [-0.2, -0.15) is 0 Å². The van der Waals surface area contributed by atoms with Gasteiger partial charge in [-0.1, -0.05) is 76.1 Å². The maximum Gasteiger partial charge on any atom is 0.336 e. The van der Waals surface area contributed by atoms with E-state index >= 15 is 0 Å². The topological polar surface area (TPSA) is 98.0 Å². The molecule has 35 heavy (non-hydrogen) atoms. The number of carboxylic acid groups (broad SMARTS) is 1. The number of nitrogens with zero attached hydrogens (tertiary/aromatic N) is 4. The van der Waals surface area contributed by atoms with Crippen molar-refractivity contribution in [2.45, 2.75) is 77.7 Å². The van der Waals surface area contributed by atoms with Crippen LogP contribution in [0, 0.1) is 5.92 Å². The normalized spacial score (nSPS) is 14.2. The number of rotatable bonds is 11. The molecule has 1 aliphatic rings. The minimum absolute atomic E-state index is 0.0474. The van der Waals surface area contributed by atoms with E-state index in [4.69, 9.17) is 0 Å². The fourth-order valence-corrected chi connectivity index (χ4v) is 4.82. The molecule has 2 aromatic heterocycles. The van der Waals surface area contributed by atoms with Crippen molar-refractivity contribution in [3.8, 4) is 11.3 Å². The molecule has 2 heterocycles. The molecular formula is C28H34N4O3. The molecular weight excluding hydrogens is 440 g/mol. The van der Waals surface area contributed by atoms with Gasteiger partial charge in [0, 0.05) is 31.1 Å². The van der Waals surface area contributed by atoms with Crippen LogP contribution in [-0.4, -0.2) is 36.6 Å². The monoisotopic (exact) mass is 474 g/mol. The maximum atomic E-state index is 13.0. The highest BCUT2D eigenvalue weighted by atomic mass is 16.4. The van der Waals surface area contributed by atoms with E-state index in [1.807, 2.05) is 22.9 Å². The fraction of sp³-hybridized carbons (Fsp3) is 0.464. The summed E-state index contributed by atoms with van der Waals surface area (Å²) in [5, 5.41) is 14.1. The first-order chi connectivity index (χ1) is 17.0. The summed E-state index contributed by atoms with van der Waals surface area (Å²) in [5.41, 5.74) is 2.37. The van der Waals surface area contributed by atoms with Crippen LogP contribution in [-0.2, 0) is 13.0 Å². The van der Waals surface area contributed by atoms with Crippen LogP contribution in [0.5, 0.6) is 0 Å². The van der Waals surface area contributed by atoms with Gasteiger partial charge in [0.2, 0.25) is 11.6 Å². The fourth-order valence-electron chi connectivity index (χ4n) is 4.82. The van der Waals surface area contributed by atoms with Crippen LogP contribution in [0.1, 0.15) is 97.1 Å². The van der Waals surface area contributed by atoms with Crippen LogP contribution in [0.3, 0.4) is 0 Å².